The fourth-order valence-corrected chi connectivity index (χ4v) is 2.41. The van der Waals surface area contributed by atoms with Crippen molar-refractivity contribution in [2.75, 3.05) is 43.8 Å². The molecule has 1 saturated heterocycles. The minimum absolute atomic E-state index is 0.0816. The van der Waals surface area contributed by atoms with E-state index in [-0.39, 0.29) is 11.8 Å². The van der Waals surface area contributed by atoms with Crippen molar-refractivity contribution >= 4 is 23.2 Å². The Bertz CT molecular complexity index is 536. The molecule has 0 atom stereocenters. The van der Waals surface area contributed by atoms with Crippen LogP contribution in [0.25, 0.3) is 0 Å². The van der Waals surface area contributed by atoms with Crippen LogP contribution in [0.3, 0.4) is 0 Å². The summed E-state index contributed by atoms with van der Waals surface area (Å²) in [7, 11) is 0. The summed E-state index contributed by atoms with van der Waals surface area (Å²) in [6, 6.07) is 5.56. The van der Waals surface area contributed by atoms with E-state index < -0.39 is 0 Å². The molecule has 1 aliphatic rings. The molecule has 1 heterocycles. The number of hydrogen-bond acceptors (Lipinski definition) is 4. The van der Waals surface area contributed by atoms with Gasteiger partial charge in [0.25, 0.3) is 0 Å². The van der Waals surface area contributed by atoms with E-state index in [9.17, 15) is 9.59 Å². The van der Waals surface area contributed by atoms with Crippen molar-refractivity contribution in [2.45, 2.75) is 13.8 Å². The molecule has 1 aromatic rings. The van der Waals surface area contributed by atoms with E-state index in [4.69, 9.17) is 5.73 Å². The van der Waals surface area contributed by atoms with Crippen LogP contribution in [0.5, 0.6) is 0 Å². The maximum Gasteiger partial charge on any atom is 0.238 e. The summed E-state index contributed by atoms with van der Waals surface area (Å²) in [6.07, 6.45) is 0. The van der Waals surface area contributed by atoms with E-state index in [2.05, 4.69) is 5.32 Å². The molecule has 0 aromatic heterocycles. The first-order valence-corrected chi connectivity index (χ1v) is 7.09. The van der Waals surface area contributed by atoms with Gasteiger partial charge in [-0.1, -0.05) is 6.07 Å². The molecule has 1 fully saturated rings. The molecule has 0 spiro atoms. The molecule has 0 radical (unpaired) electrons. The number of nitrogens with zero attached hydrogens (tertiary/aromatic N) is 2. The van der Waals surface area contributed by atoms with Gasteiger partial charge in [-0.3, -0.25) is 14.5 Å². The Balaban J connectivity index is 1.84. The lowest BCUT2D eigenvalue weighted by Gasteiger charge is -2.33. The third kappa shape index (κ3) is 4.19. The molecule has 3 N–H and O–H groups in total. The van der Waals surface area contributed by atoms with E-state index in [1.165, 1.54) is 0 Å². The van der Waals surface area contributed by atoms with Gasteiger partial charge in [-0.2, -0.15) is 0 Å². The highest BCUT2D eigenvalue weighted by Gasteiger charge is 2.20. The minimum Gasteiger partial charge on any atom is -0.397 e. The number of hydrogen-bond donors (Lipinski definition) is 2. The van der Waals surface area contributed by atoms with Crippen molar-refractivity contribution < 1.29 is 9.59 Å². The molecular weight excluding hydrogens is 268 g/mol. The zero-order chi connectivity index (χ0) is 15.4. The highest BCUT2D eigenvalue weighted by molar-refractivity contribution is 5.95. The second kappa shape index (κ2) is 6.58. The van der Waals surface area contributed by atoms with E-state index >= 15 is 0 Å². The monoisotopic (exact) mass is 290 g/mol. The third-order valence-electron chi connectivity index (χ3n) is 3.67. The van der Waals surface area contributed by atoms with Crippen LogP contribution in [-0.4, -0.2) is 54.3 Å². The molecule has 2 rings (SSSR count). The number of amides is 2. The first-order valence-electron chi connectivity index (χ1n) is 7.09. The van der Waals surface area contributed by atoms with Gasteiger partial charge in [0.2, 0.25) is 11.8 Å². The predicted molar refractivity (Wildman–Crippen MR) is 82.9 cm³/mol. The van der Waals surface area contributed by atoms with Crippen LogP contribution in [0.15, 0.2) is 18.2 Å². The molecule has 6 heteroatoms. The predicted octanol–water partition coefficient (Wildman–Crippen LogP) is 0.680. The van der Waals surface area contributed by atoms with Crippen molar-refractivity contribution in [3.63, 3.8) is 0 Å². The first-order chi connectivity index (χ1) is 9.95. The Kier molecular flexibility index (Phi) is 4.80. The minimum atomic E-state index is -0.0816. The standard InChI is InChI=1S/C15H22N4O2/c1-11-3-4-14(13(16)9-11)17-15(21)10-18-5-7-19(8-6-18)12(2)20/h3-4,9H,5-8,10,16H2,1-2H3,(H,17,21). The molecule has 0 bridgehead atoms. The quantitative estimate of drug-likeness (QED) is 0.802. The van der Waals surface area contributed by atoms with Crippen LogP contribution in [0.4, 0.5) is 11.4 Å². The number of nitrogen functional groups attached to an aromatic ring is 1. The molecule has 1 aliphatic heterocycles. The molecule has 6 nitrogen and oxygen atoms in total. The second-order valence-electron chi connectivity index (χ2n) is 5.42. The van der Waals surface area contributed by atoms with Crippen molar-refractivity contribution in [1.29, 1.82) is 0 Å². The zero-order valence-electron chi connectivity index (χ0n) is 12.6. The van der Waals surface area contributed by atoms with Gasteiger partial charge in [-0.05, 0) is 24.6 Å². The van der Waals surface area contributed by atoms with Crippen LogP contribution < -0.4 is 11.1 Å². The summed E-state index contributed by atoms with van der Waals surface area (Å²) in [4.78, 5) is 27.1. The Morgan fingerprint density at radius 1 is 1.24 bits per heavy atom. The highest BCUT2D eigenvalue weighted by atomic mass is 16.2. The fourth-order valence-electron chi connectivity index (χ4n) is 2.41. The molecule has 1 aromatic carbocycles. The van der Waals surface area contributed by atoms with Crippen molar-refractivity contribution in [3.05, 3.63) is 23.8 Å². The van der Waals surface area contributed by atoms with Gasteiger partial charge in [0.1, 0.15) is 0 Å². The number of carbonyl (C=O) groups is 2. The number of aryl methyl sites for hydroxylation is 1. The van der Waals surface area contributed by atoms with Gasteiger partial charge >= 0.3 is 0 Å². The van der Waals surface area contributed by atoms with Crippen LogP contribution in [0.1, 0.15) is 12.5 Å². The summed E-state index contributed by atoms with van der Waals surface area (Å²) in [5, 5.41) is 2.83. The highest BCUT2D eigenvalue weighted by Crippen LogP contribution is 2.19. The summed E-state index contributed by atoms with van der Waals surface area (Å²) in [5.74, 6) is 0.00774. The van der Waals surface area contributed by atoms with Gasteiger partial charge < -0.3 is 16.0 Å². The van der Waals surface area contributed by atoms with E-state index in [0.29, 0.717) is 31.0 Å². The Labute approximate surface area is 124 Å². The summed E-state index contributed by atoms with van der Waals surface area (Å²) >= 11 is 0. The zero-order valence-corrected chi connectivity index (χ0v) is 12.6. The largest absolute Gasteiger partial charge is 0.397 e. The van der Waals surface area contributed by atoms with Crippen LogP contribution in [0, 0.1) is 6.92 Å². The molecule has 0 unspecified atom stereocenters. The SMILES string of the molecule is CC(=O)N1CCN(CC(=O)Nc2ccc(C)cc2N)CC1. The van der Waals surface area contributed by atoms with E-state index in [1.807, 2.05) is 30.0 Å². The maximum absolute atomic E-state index is 12.0. The Morgan fingerprint density at radius 3 is 2.48 bits per heavy atom. The first kappa shape index (κ1) is 15.3. The van der Waals surface area contributed by atoms with Crippen LogP contribution >= 0.6 is 0 Å². The average molecular weight is 290 g/mol. The van der Waals surface area contributed by atoms with Crippen molar-refractivity contribution in [1.82, 2.24) is 9.80 Å². The fraction of sp³-hybridized carbons (Fsp3) is 0.467. The Morgan fingerprint density at radius 2 is 1.90 bits per heavy atom. The van der Waals surface area contributed by atoms with Gasteiger partial charge in [-0.15, -0.1) is 0 Å². The smallest absolute Gasteiger partial charge is 0.238 e. The number of carbonyl (C=O) groups excluding carboxylic acids is 2. The number of piperazine rings is 1. The lowest BCUT2D eigenvalue weighted by atomic mass is 10.2. The lowest BCUT2D eigenvalue weighted by Crippen LogP contribution is -2.49. The molecule has 114 valence electrons. The normalized spacial score (nSPS) is 15.8. The number of nitrogens with two attached hydrogens (primary N) is 1. The summed E-state index contributed by atoms with van der Waals surface area (Å²) in [5.41, 5.74) is 8.16. The third-order valence-corrected chi connectivity index (χ3v) is 3.67. The number of anilines is 2. The van der Waals surface area contributed by atoms with Crippen LogP contribution in [0.2, 0.25) is 0 Å². The van der Waals surface area contributed by atoms with Crippen molar-refractivity contribution in [3.8, 4) is 0 Å². The van der Waals surface area contributed by atoms with E-state index in [1.54, 1.807) is 11.8 Å². The molecule has 0 aliphatic carbocycles. The number of benzene rings is 1. The van der Waals surface area contributed by atoms with Crippen molar-refractivity contribution in [2.24, 2.45) is 0 Å². The number of rotatable bonds is 3. The van der Waals surface area contributed by atoms with Gasteiger partial charge in [-0.25, -0.2) is 0 Å². The van der Waals surface area contributed by atoms with Gasteiger partial charge in [0, 0.05) is 33.1 Å². The Hall–Kier alpha value is -2.08. The molecular formula is C15H22N4O2. The maximum atomic E-state index is 12.0. The topological polar surface area (TPSA) is 78.7 Å². The summed E-state index contributed by atoms with van der Waals surface area (Å²) < 4.78 is 0. The second-order valence-corrected chi connectivity index (χ2v) is 5.42. The average Bonchev–Trinajstić information content (AvgIpc) is 2.42. The molecule has 0 saturated carbocycles. The lowest BCUT2D eigenvalue weighted by molar-refractivity contribution is -0.130. The van der Waals surface area contributed by atoms with Crippen LogP contribution in [-0.2, 0) is 9.59 Å². The van der Waals surface area contributed by atoms with Gasteiger partial charge in [0.15, 0.2) is 0 Å². The molecule has 21 heavy (non-hydrogen) atoms. The number of nitrogens with one attached hydrogen (secondary N) is 1. The molecule has 2 amide bonds. The summed E-state index contributed by atoms with van der Waals surface area (Å²) in [6.45, 7) is 6.63. The van der Waals surface area contributed by atoms with Gasteiger partial charge in [0.05, 0.1) is 17.9 Å². The van der Waals surface area contributed by atoms with E-state index in [0.717, 1.165) is 18.7 Å².